The number of carboxylic acids is 2. The zero-order valence-corrected chi connectivity index (χ0v) is 14.4. The molecule has 0 aliphatic heterocycles. The summed E-state index contributed by atoms with van der Waals surface area (Å²) in [5, 5.41) is 45.2. The van der Waals surface area contributed by atoms with E-state index in [9.17, 15) is 19.5 Å². The van der Waals surface area contributed by atoms with Gasteiger partial charge < -0.3 is 25.9 Å². The average Bonchev–Trinajstić information content (AvgIpc) is 2.48. The molecule has 148 valence electrons. The van der Waals surface area contributed by atoms with Crippen LogP contribution in [-0.2, 0) is 19.2 Å². The maximum Gasteiger partial charge on any atom is 0.336 e. The molecule has 0 aromatic rings. The van der Waals surface area contributed by atoms with E-state index >= 15 is 0 Å². The molecule has 0 rings (SSSR count). The summed E-state index contributed by atoms with van der Waals surface area (Å²) in [7, 11) is 0. The minimum Gasteiger partial charge on any atom is -0.481 e. The molecule has 0 spiro atoms. The van der Waals surface area contributed by atoms with Gasteiger partial charge in [0.2, 0.25) is 5.96 Å². The molecule has 12 heteroatoms. The first-order chi connectivity index (χ1) is 12.0. The minimum absolute atomic E-state index is 0.0648. The monoisotopic (exact) mass is 375 g/mol. The number of carbonyl (C=O) groups excluding carboxylic acids is 1. The van der Waals surface area contributed by atoms with Crippen molar-refractivity contribution >= 4 is 29.8 Å². The van der Waals surface area contributed by atoms with Crippen LogP contribution in [0.3, 0.4) is 0 Å². The van der Waals surface area contributed by atoms with Crippen LogP contribution in [0.1, 0.15) is 45.4 Å². The minimum atomic E-state index is -2.84. The highest BCUT2D eigenvalue weighted by Crippen LogP contribution is 2.17. The number of carbonyl (C=O) groups is 3. The van der Waals surface area contributed by atoms with Crippen LogP contribution in [0.15, 0.2) is 0 Å². The largest absolute Gasteiger partial charge is 0.481 e. The van der Waals surface area contributed by atoms with Crippen molar-refractivity contribution in [3.8, 4) is 0 Å². The molecule has 26 heavy (non-hydrogen) atoms. The fraction of sp³-hybridized carbons (Fsp3) is 0.643. The van der Waals surface area contributed by atoms with Crippen LogP contribution < -0.4 is 11.1 Å². The van der Waals surface area contributed by atoms with Crippen LogP contribution in [0, 0.1) is 10.8 Å². The van der Waals surface area contributed by atoms with E-state index in [4.69, 9.17) is 31.6 Å². The average molecular weight is 375 g/mol. The molecule has 0 bridgehead atoms. The lowest BCUT2D eigenvalue weighted by Gasteiger charge is -2.26. The molecule has 0 fully saturated rings. The SMILES string of the molecule is CCCCCCN(OC(=O)CC(O)(CC(=O)O)C(=O)O)C(=N)NC(=N)N. The molecule has 0 saturated carbocycles. The van der Waals surface area contributed by atoms with Gasteiger partial charge in [-0.1, -0.05) is 26.2 Å². The van der Waals surface area contributed by atoms with Crippen LogP contribution in [0.2, 0.25) is 0 Å². The summed E-state index contributed by atoms with van der Waals surface area (Å²) in [5.74, 6) is -5.84. The third-order valence-electron chi connectivity index (χ3n) is 3.21. The molecule has 12 nitrogen and oxygen atoms in total. The summed E-state index contributed by atoms with van der Waals surface area (Å²) in [4.78, 5) is 38.6. The lowest BCUT2D eigenvalue weighted by Crippen LogP contribution is -2.49. The topological polar surface area (TPSA) is 210 Å². The molecule has 0 amide bonds. The second kappa shape index (κ2) is 10.9. The van der Waals surface area contributed by atoms with Gasteiger partial charge in [-0.3, -0.25) is 20.9 Å². The predicted molar refractivity (Wildman–Crippen MR) is 89.2 cm³/mol. The number of hydrogen-bond acceptors (Lipinski definition) is 7. The van der Waals surface area contributed by atoms with E-state index in [1.165, 1.54) is 0 Å². The molecule has 0 saturated heterocycles. The van der Waals surface area contributed by atoms with E-state index in [0.29, 0.717) is 6.42 Å². The zero-order chi connectivity index (χ0) is 20.3. The molecule has 8 N–H and O–H groups in total. The van der Waals surface area contributed by atoms with Crippen molar-refractivity contribution in [2.45, 2.75) is 51.0 Å². The van der Waals surface area contributed by atoms with Crippen LogP contribution >= 0.6 is 0 Å². The third-order valence-corrected chi connectivity index (χ3v) is 3.21. The number of rotatable bonds is 10. The predicted octanol–water partition coefficient (Wildman–Crippen LogP) is -0.575. The maximum atomic E-state index is 11.9. The van der Waals surface area contributed by atoms with E-state index in [1.54, 1.807) is 0 Å². The Kier molecular flexibility index (Phi) is 9.66. The Morgan fingerprint density at radius 2 is 1.77 bits per heavy atom. The van der Waals surface area contributed by atoms with Crippen molar-refractivity contribution < 1.29 is 34.5 Å². The van der Waals surface area contributed by atoms with Gasteiger partial charge in [0.1, 0.15) is 0 Å². The Morgan fingerprint density at radius 3 is 2.23 bits per heavy atom. The molecule has 1 atom stereocenters. The number of nitrogens with two attached hydrogens (primary N) is 1. The molecule has 0 heterocycles. The van der Waals surface area contributed by atoms with Crippen LogP contribution in [0.5, 0.6) is 0 Å². The van der Waals surface area contributed by atoms with Gasteiger partial charge in [-0.2, -0.15) is 5.06 Å². The summed E-state index contributed by atoms with van der Waals surface area (Å²) in [6, 6.07) is 0. The molecular formula is C14H25N5O7. The first-order valence-electron chi connectivity index (χ1n) is 7.87. The Hall–Kier alpha value is -2.89. The van der Waals surface area contributed by atoms with Gasteiger partial charge in [0.05, 0.1) is 19.4 Å². The van der Waals surface area contributed by atoms with Crippen molar-refractivity contribution in [2.24, 2.45) is 5.73 Å². The molecule has 0 aliphatic carbocycles. The summed E-state index contributed by atoms with van der Waals surface area (Å²) in [6.07, 6.45) is 0.832. The van der Waals surface area contributed by atoms with Gasteiger partial charge in [-0.15, -0.1) is 0 Å². The Labute approximate surface area is 149 Å². The molecule has 1 unspecified atom stereocenters. The van der Waals surface area contributed by atoms with E-state index in [-0.39, 0.29) is 6.54 Å². The zero-order valence-electron chi connectivity index (χ0n) is 14.4. The van der Waals surface area contributed by atoms with Crippen molar-refractivity contribution in [3.63, 3.8) is 0 Å². The number of aliphatic carboxylic acids is 2. The number of nitrogens with zero attached hydrogens (tertiary/aromatic N) is 1. The maximum absolute atomic E-state index is 11.9. The Bertz CT molecular complexity index is 554. The van der Waals surface area contributed by atoms with Gasteiger partial charge in [0.25, 0.3) is 0 Å². The number of hydrogen-bond donors (Lipinski definition) is 7. The summed E-state index contributed by atoms with van der Waals surface area (Å²) in [6.45, 7) is 2.06. The highest BCUT2D eigenvalue weighted by atomic mass is 16.7. The number of aliphatic hydroxyl groups is 1. The molecule has 0 aromatic carbocycles. The number of hydroxylamine groups is 2. The van der Waals surface area contributed by atoms with Crippen molar-refractivity contribution in [2.75, 3.05) is 6.54 Å². The van der Waals surface area contributed by atoms with E-state index < -0.39 is 48.3 Å². The third kappa shape index (κ3) is 8.82. The summed E-state index contributed by atoms with van der Waals surface area (Å²) < 4.78 is 0. The van der Waals surface area contributed by atoms with Gasteiger partial charge in [-0.05, 0) is 6.42 Å². The van der Waals surface area contributed by atoms with Gasteiger partial charge in [0, 0.05) is 0 Å². The smallest absolute Gasteiger partial charge is 0.336 e. The van der Waals surface area contributed by atoms with Crippen molar-refractivity contribution in [1.29, 1.82) is 10.8 Å². The summed E-state index contributed by atoms with van der Waals surface area (Å²) in [5.41, 5.74) is 2.28. The van der Waals surface area contributed by atoms with E-state index in [2.05, 4.69) is 5.32 Å². The molecule has 0 radical (unpaired) electrons. The normalized spacial score (nSPS) is 12.5. The van der Waals surface area contributed by atoms with Crippen molar-refractivity contribution in [1.82, 2.24) is 10.4 Å². The molecule has 0 aromatic heterocycles. The quantitative estimate of drug-likeness (QED) is 0.112. The van der Waals surface area contributed by atoms with E-state index in [1.807, 2.05) is 6.92 Å². The van der Waals surface area contributed by atoms with Crippen LogP contribution in [0.4, 0.5) is 0 Å². The number of guanidine groups is 2. The Morgan fingerprint density at radius 1 is 1.15 bits per heavy atom. The van der Waals surface area contributed by atoms with Gasteiger partial charge in [-0.25, -0.2) is 9.59 Å². The fourth-order valence-corrected chi connectivity index (χ4v) is 1.93. The summed E-state index contributed by atoms with van der Waals surface area (Å²) >= 11 is 0. The van der Waals surface area contributed by atoms with Gasteiger partial charge >= 0.3 is 17.9 Å². The second-order valence-corrected chi connectivity index (χ2v) is 5.60. The van der Waals surface area contributed by atoms with E-state index in [0.717, 1.165) is 24.3 Å². The number of nitrogens with one attached hydrogen (secondary N) is 3. The molecule has 0 aliphatic rings. The highest BCUT2D eigenvalue weighted by molar-refractivity contribution is 5.95. The first-order valence-corrected chi connectivity index (χ1v) is 7.87. The molecular weight excluding hydrogens is 350 g/mol. The standard InChI is InChI=1S/C14H25N5O7/c1-2-3-4-5-6-19(13(17)18-12(15)16)26-10(22)8-14(25,11(23)24)7-9(20)21/h25H,2-8H2,1H3,(H,20,21)(H,23,24)(H5,15,16,17,18). The van der Waals surface area contributed by atoms with Crippen LogP contribution in [-0.4, -0.2) is 62.4 Å². The number of carboxylic acid groups (broad SMARTS) is 2. The van der Waals surface area contributed by atoms with Crippen LogP contribution in [0.25, 0.3) is 0 Å². The van der Waals surface area contributed by atoms with Gasteiger partial charge in [0.15, 0.2) is 11.6 Å². The van der Waals surface area contributed by atoms with Crippen molar-refractivity contribution in [3.05, 3.63) is 0 Å². The first kappa shape index (κ1) is 23.1. The lowest BCUT2D eigenvalue weighted by atomic mass is 9.96. The lowest BCUT2D eigenvalue weighted by molar-refractivity contribution is -0.186. The second-order valence-electron chi connectivity index (χ2n) is 5.60. The fourth-order valence-electron chi connectivity index (χ4n) is 1.93. The Balaban J connectivity index is 5.01. The highest BCUT2D eigenvalue weighted by Gasteiger charge is 2.42. The number of unbranched alkanes of at least 4 members (excludes halogenated alkanes) is 3.